The molecule has 29 heavy (non-hydrogen) atoms. The Kier molecular flexibility index (Phi) is 5.20. The lowest BCUT2D eigenvalue weighted by atomic mass is 10.2. The average Bonchev–Trinajstić information content (AvgIpc) is 3.20. The van der Waals surface area contributed by atoms with Gasteiger partial charge in [0, 0.05) is 36.7 Å². The summed E-state index contributed by atoms with van der Waals surface area (Å²) < 4.78 is 0. The first-order chi connectivity index (χ1) is 14.2. The number of hydrogen-bond acceptors (Lipinski definition) is 5. The maximum atomic E-state index is 12.7. The van der Waals surface area contributed by atoms with E-state index in [2.05, 4.69) is 56.1 Å². The number of rotatable bonds is 6. The second-order valence-corrected chi connectivity index (χ2v) is 6.56. The summed E-state index contributed by atoms with van der Waals surface area (Å²) >= 11 is 0. The lowest BCUT2D eigenvalue weighted by Gasteiger charge is -2.20. The Bertz CT molecular complexity index is 1120. The van der Waals surface area contributed by atoms with Gasteiger partial charge < -0.3 is 15.2 Å². The number of carbonyl (C=O) groups excluding carboxylic acids is 1. The molecule has 0 aliphatic rings. The molecule has 0 atom stereocenters. The summed E-state index contributed by atoms with van der Waals surface area (Å²) in [6, 6.07) is 13.5. The molecule has 0 unspecified atom stereocenters. The van der Waals surface area contributed by atoms with Crippen LogP contribution < -0.4 is 10.2 Å². The molecular weight excluding hydrogens is 364 g/mol. The predicted octanol–water partition coefficient (Wildman–Crippen LogP) is 4.12. The van der Waals surface area contributed by atoms with Gasteiger partial charge in [0.2, 0.25) is 0 Å². The van der Waals surface area contributed by atoms with Crippen LogP contribution in [0.1, 0.15) is 24.2 Å². The van der Waals surface area contributed by atoms with Crippen molar-refractivity contribution in [1.29, 1.82) is 0 Å². The largest absolute Gasteiger partial charge is 0.372 e. The number of imidazole rings is 1. The highest BCUT2D eigenvalue weighted by Crippen LogP contribution is 2.24. The standard InChI is InChI=1S/C22H22N6O/c1-3-28(4-2)17-9-7-15(8-10-17)20-26-19-18(11-13-24-21(19)27-20)22(29)25-16-6-5-12-23-14-16/h5-14H,3-4H2,1-2H3,(H,25,29)(H,24,26,27). The lowest BCUT2D eigenvalue weighted by Crippen LogP contribution is -2.21. The summed E-state index contributed by atoms with van der Waals surface area (Å²) in [5, 5.41) is 2.85. The molecule has 1 aromatic carbocycles. The van der Waals surface area contributed by atoms with Gasteiger partial charge >= 0.3 is 0 Å². The molecule has 3 heterocycles. The number of nitrogens with one attached hydrogen (secondary N) is 2. The van der Waals surface area contributed by atoms with Gasteiger partial charge in [-0.25, -0.2) is 9.97 Å². The van der Waals surface area contributed by atoms with Crippen LogP contribution in [0.15, 0.2) is 61.1 Å². The molecule has 0 fully saturated rings. The Hall–Kier alpha value is -3.74. The Morgan fingerprint density at radius 1 is 1.07 bits per heavy atom. The van der Waals surface area contributed by atoms with Crippen LogP contribution in [0, 0.1) is 0 Å². The number of fused-ring (bicyclic) bond motifs is 1. The smallest absolute Gasteiger partial charge is 0.258 e. The number of H-pyrrole nitrogens is 1. The molecule has 2 N–H and O–H groups in total. The van der Waals surface area contributed by atoms with Gasteiger partial charge in [0.15, 0.2) is 5.65 Å². The summed E-state index contributed by atoms with van der Waals surface area (Å²) in [7, 11) is 0. The van der Waals surface area contributed by atoms with Crippen molar-refractivity contribution >= 4 is 28.4 Å². The first-order valence-corrected chi connectivity index (χ1v) is 9.61. The zero-order valence-electron chi connectivity index (χ0n) is 16.4. The normalized spacial score (nSPS) is 10.8. The molecule has 1 amide bonds. The highest BCUT2D eigenvalue weighted by molar-refractivity contribution is 6.11. The number of benzene rings is 1. The first-order valence-electron chi connectivity index (χ1n) is 9.61. The van der Waals surface area contributed by atoms with Gasteiger partial charge in [-0.3, -0.25) is 9.78 Å². The Morgan fingerprint density at radius 2 is 1.86 bits per heavy atom. The van der Waals surface area contributed by atoms with Crippen LogP contribution in [-0.2, 0) is 0 Å². The zero-order chi connectivity index (χ0) is 20.2. The highest BCUT2D eigenvalue weighted by Gasteiger charge is 2.15. The number of amides is 1. The minimum Gasteiger partial charge on any atom is -0.372 e. The van der Waals surface area contributed by atoms with Gasteiger partial charge in [-0.15, -0.1) is 0 Å². The molecule has 0 radical (unpaired) electrons. The van der Waals surface area contributed by atoms with Crippen LogP contribution >= 0.6 is 0 Å². The summed E-state index contributed by atoms with van der Waals surface area (Å²) in [6.45, 7) is 6.19. The summed E-state index contributed by atoms with van der Waals surface area (Å²) in [6.07, 6.45) is 4.85. The molecule has 0 bridgehead atoms. The molecular formula is C22H22N6O. The van der Waals surface area contributed by atoms with Crippen molar-refractivity contribution in [2.75, 3.05) is 23.3 Å². The van der Waals surface area contributed by atoms with E-state index in [9.17, 15) is 4.79 Å². The number of aromatic amines is 1. The molecule has 7 heteroatoms. The second kappa shape index (κ2) is 8.10. The predicted molar refractivity (Wildman–Crippen MR) is 115 cm³/mol. The minimum atomic E-state index is -0.238. The van der Waals surface area contributed by atoms with E-state index in [1.807, 2.05) is 12.1 Å². The molecule has 0 spiro atoms. The van der Waals surface area contributed by atoms with Gasteiger partial charge in [0.05, 0.1) is 23.0 Å². The van der Waals surface area contributed by atoms with Crippen molar-refractivity contribution in [2.45, 2.75) is 13.8 Å². The number of hydrogen-bond donors (Lipinski definition) is 2. The minimum absolute atomic E-state index is 0.238. The molecule has 0 saturated heterocycles. The number of anilines is 2. The van der Waals surface area contributed by atoms with Crippen molar-refractivity contribution in [3.8, 4) is 11.4 Å². The Morgan fingerprint density at radius 3 is 2.55 bits per heavy atom. The molecule has 4 aromatic rings. The van der Waals surface area contributed by atoms with E-state index in [1.54, 1.807) is 36.8 Å². The van der Waals surface area contributed by atoms with Crippen LogP contribution in [0.2, 0.25) is 0 Å². The van der Waals surface area contributed by atoms with Crippen LogP contribution in [0.5, 0.6) is 0 Å². The summed E-state index contributed by atoms with van der Waals surface area (Å²) in [5.74, 6) is 0.442. The van der Waals surface area contributed by atoms with Gasteiger partial charge in [0.25, 0.3) is 5.91 Å². The molecule has 0 aliphatic heterocycles. The van der Waals surface area contributed by atoms with Crippen molar-refractivity contribution in [3.63, 3.8) is 0 Å². The monoisotopic (exact) mass is 386 g/mol. The topological polar surface area (TPSA) is 86.8 Å². The maximum absolute atomic E-state index is 12.7. The second-order valence-electron chi connectivity index (χ2n) is 6.56. The molecule has 146 valence electrons. The third-order valence-electron chi connectivity index (χ3n) is 4.83. The van der Waals surface area contributed by atoms with E-state index >= 15 is 0 Å². The fourth-order valence-corrected chi connectivity index (χ4v) is 3.29. The van der Waals surface area contributed by atoms with Gasteiger partial charge in [-0.1, -0.05) is 0 Å². The van der Waals surface area contributed by atoms with Gasteiger partial charge in [-0.05, 0) is 56.3 Å². The first kappa shape index (κ1) is 18.6. The maximum Gasteiger partial charge on any atom is 0.258 e. The van der Waals surface area contributed by atoms with Gasteiger partial charge in [0.1, 0.15) is 5.82 Å². The van der Waals surface area contributed by atoms with E-state index in [4.69, 9.17) is 0 Å². The third kappa shape index (κ3) is 3.80. The highest BCUT2D eigenvalue weighted by atomic mass is 16.1. The number of aromatic nitrogens is 4. The fourth-order valence-electron chi connectivity index (χ4n) is 3.29. The lowest BCUT2D eigenvalue weighted by molar-refractivity contribution is 0.102. The van der Waals surface area contributed by atoms with Crippen LogP contribution in [0.4, 0.5) is 11.4 Å². The number of carbonyl (C=O) groups is 1. The van der Waals surface area contributed by atoms with Crippen molar-refractivity contribution in [2.24, 2.45) is 0 Å². The molecule has 7 nitrogen and oxygen atoms in total. The summed E-state index contributed by atoms with van der Waals surface area (Å²) in [5.41, 5.74) is 4.34. The van der Waals surface area contributed by atoms with Crippen LogP contribution in [0.25, 0.3) is 22.6 Å². The van der Waals surface area contributed by atoms with E-state index < -0.39 is 0 Å². The molecule has 4 rings (SSSR count). The van der Waals surface area contributed by atoms with Crippen molar-refractivity contribution in [3.05, 3.63) is 66.6 Å². The molecule has 3 aromatic heterocycles. The number of nitrogens with zero attached hydrogens (tertiary/aromatic N) is 4. The quantitative estimate of drug-likeness (QED) is 0.521. The SMILES string of the molecule is CCN(CC)c1ccc(-c2nc3nccc(C(=O)Nc4cccnc4)c3[nH]2)cc1. The third-order valence-corrected chi connectivity index (χ3v) is 4.83. The fraction of sp³-hybridized carbons (Fsp3) is 0.182. The Labute approximate surface area is 168 Å². The van der Waals surface area contributed by atoms with E-state index in [-0.39, 0.29) is 5.91 Å². The van der Waals surface area contributed by atoms with Crippen molar-refractivity contribution in [1.82, 2.24) is 19.9 Å². The van der Waals surface area contributed by atoms with Crippen LogP contribution in [-0.4, -0.2) is 38.9 Å². The van der Waals surface area contributed by atoms with E-state index in [0.29, 0.717) is 28.2 Å². The van der Waals surface area contributed by atoms with Crippen molar-refractivity contribution < 1.29 is 4.79 Å². The van der Waals surface area contributed by atoms with Crippen LogP contribution in [0.3, 0.4) is 0 Å². The average molecular weight is 386 g/mol. The van der Waals surface area contributed by atoms with E-state index in [1.165, 1.54) is 5.69 Å². The number of pyridine rings is 2. The van der Waals surface area contributed by atoms with Gasteiger partial charge in [-0.2, -0.15) is 0 Å². The molecule has 0 saturated carbocycles. The Balaban J connectivity index is 1.65. The zero-order valence-corrected chi connectivity index (χ0v) is 16.4. The summed E-state index contributed by atoms with van der Waals surface area (Å²) in [4.78, 5) is 31.2. The molecule has 0 aliphatic carbocycles. The van der Waals surface area contributed by atoms with E-state index in [0.717, 1.165) is 18.7 Å².